The van der Waals surface area contributed by atoms with Gasteiger partial charge in [0.25, 0.3) is 5.91 Å². The first-order valence-corrected chi connectivity index (χ1v) is 8.29. The summed E-state index contributed by atoms with van der Waals surface area (Å²) in [5.74, 6) is 0.121. The first-order valence-electron chi connectivity index (χ1n) is 8.29. The molecule has 5 nitrogen and oxygen atoms in total. The van der Waals surface area contributed by atoms with Crippen LogP contribution in [0.1, 0.15) is 36.2 Å². The highest BCUT2D eigenvalue weighted by molar-refractivity contribution is 5.93. The highest BCUT2D eigenvalue weighted by Crippen LogP contribution is 2.22. The van der Waals surface area contributed by atoms with E-state index < -0.39 is 0 Å². The van der Waals surface area contributed by atoms with Crippen LogP contribution in [0.15, 0.2) is 30.5 Å². The molecule has 2 aromatic rings. The van der Waals surface area contributed by atoms with E-state index in [2.05, 4.69) is 14.9 Å². The molecule has 2 aromatic heterocycles. The Morgan fingerprint density at radius 3 is 2.86 bits per heavy atom. The van der Waals surface area contributed by atoms with Crippen molar-refractivity contribution in [2.24, 2.45) is 0 Å². The predicted octanol–water partition coefficient (Wildman–Crippen LogP) is 2.03. The number of carbonyl (C=O) groups is 1. The van der Waals surface area contributed by atoms with E-state index in [9.17, 15) is 4.79 Å². The number of amides is 1. The fraction of sp³-hybridized carbons (Fsp3) is 0.529. The first-order chi connectivity index (χ1) is 10.8. The number of pyridine rings is 1. The van der Waals surface area contributed by atoms with Crippen molar-refractivity contribution in [1.29, 1.82) is 0 Å². The Morgan fingerprint density at radius 1 is 1.14 bits per heavy atom. The molecule has 0 radical (unpaired) electrons. The number of fused-ring (bicyclic) bond motifs is 1. The van der Waals surface area contributed by atoms with Crippen LogP contribution in [0, 0.1) is 0 Å². The second kappa shape index (κ2) is 5.72. The zero-order valence-electron chi connectivity index (χ0n) is 12.8. The fourth-order valence-electron chi connectivity index (χ4n) is 3.81. The van der Waals surface area contributed by atoms with Gasteiger partial charge in [-0.05, 0) is 57.0 Å². The summed E-state index contributed by atoms with van der Waals surface area (Å²) in [5, 5.41) is 4.30. The third-order valence-electron chi connectivity index (χ3n) is 4.95. The SMILES string of the molecule is O=C(c1cccc2ccnn12)N1CCC[C@H]1CN1CCCC1. The summed E-state index contributed by atoms with van der Waals surface area (Å²) in [6, 6.07) is 8.10. The van der Waals surface area contributed by atoms with Crippen LogP contribution in [0.4, 0.5) is 0 Å². The van der Waals surface area contributed by atoms with Crippen molar-refractivity contribution in [3.8, 4) is 0 Å². The molecule has 0 saturated carbocycles. The van der Waals surface area contributed by atoms with Gasteiger partial charge in [0.15, 0.2) is 0 Å². The third kappa shape index (κ3) is 2.39. The summed E-state index contributed by atoms with van der Waals surface area (Å²) in [4.78, 5) is 17.6. The molecule has 2 saturated heterocycles. The van der Waals surface area contributed by atoms with Crippen molar-refractivity contribution in [2.45, 2.75) is 31.7 Å². The van der Waals surface area contributed by atoms with E-state index in [1.54, 1.807) is 10.7 Å². The van der Waals surface area contributed by atoms with E-state index in [-0.39, 0.29) is 5.91 Å². The molecule has 4 rings (SSSR count). The van der Waals surface area contributed by atoms with Gasteiger partial charge in [0.1, 0.15) is 5.69 Å². The van der Waals surface area contributed by atoms with Crippen LogP contribution >= 0.6 is 0 Å². The molecule has 0 unspecified atom stereocenters. The van der Waals surface area contributed by atoms with Crippen LogP contribution < -0.4 is 0 Å². The van der Waals surface area contributed by atoms with Gasteiger partial charge in [-0.15, -0.1) is 0 Å². The van der Waals surface area contributed by atoms with E-state index in [0.29, 0.717) is 11.7 Å². The third-order valence-corrected chi connectivity index (χ3v) is 4.95. The van der Waals surface area contributed by atoms with Crippen LogP contribution in [-0.4, -0.2) is 57.5 Å². The van der Waals surface area contributed by atoms with Crippen molar-refractivity contribution in [3.63, 3.8) is 0 Å². The van der Waals surface area contributed by atoms with Crippen molar-refractivity contribution < 1.29 is 4.79 Å². The number of hydrogen-bond acceptors (Lipinski definition) is 3. The topological polar surface area (TPSA) is 40.9 Å². The van der Waals surface area contributed by atoms with Crippen molar-refractivity contribution >= 4 is 11.4 Å². The van der Waals surface area contributed by atoms with Crippen LogP contribution in [0.25, 0.3) is 5.52 Å². The molecule has 0 spiro atoms. The Bertz CT molecular complexity index is 674. The molecule has 1 atom stereocenters. The number of nitrogens with zero attached hydrogens (tertiary/aromatic N) is 4. The Kier molecular flexibility index (Phi) is 3.58. The molecular weight excluding hydrogens is 276 g/mol. The van der Waals surface area contributed by atoms with E-state index in [1.165, 1.54) is 25.9 Å². The van der Waals surface area contributed by atoms with Gasteiger partial charge in [0.2, 0.25) is 0 Å². The minimum atomic E-state index is 0.121. The second-order valence-corrected chi connectivity index (χ2v) is 6.38. The highest BCUT2D eigenvalue weighted by atomic mass is 16.2. The van der Waals surface area contributed by atoms with Gasteiger partial charge in [-0.25, -0.2) is 4.52 Å². The molecule has 0 N–H and O–H groups in total. The minimum absolute atomic E-state index is 0.121. The molecule has 2 aliphatic rings. The van der Waals surface area contributed by atoms with Gasteiger partial charge in [-0.1, -0.05) is 6.07 Å². The molecular formula is C17H22N4O. The van der Waals surface area contributed by atoms with Gasteiger partial charge in [-0.2, -0.15) is 5.10 Å². The van der Waals surface area contributed by atoms with Gasteiger partial charge in [0.05, 0.1) is 11.7 Å². The Morgan fingerprint density at radius 2 is 2.00 bits per heavy atom. The summed E-state index contributed by atoms with van der Waals surface area (Å²) in [7, 11) is 0. The number of aromatic nitrogens is 2. The van der Waals surface area contributed by atoms with Crippen molar-refractivity contribution in [1.82, 2.24) is 19.4 Å². The van der Waals surface area contributed by atoms with Gasteiger partial charge >= 0.3 is 0 Å². The summed E-state index contributed by atoms with van der Waals surface area (Å²) in [6.45, 7) is 4.27. The lowest BCUT2D eigenvalue weighted by Gasteiger charge is -2.28. The predicted molar refractivity (Wildman–Crippen MR) is 84.9 cm³/mol. The maximum Gasteiger partial charge on any atom is 0.272 e. The van der Waals surface area contributed by atoms with Gasteiger partial charge in [0, 0.05) is 19.1 Å². The lowest BCUT2D eigenvalue weighted by molar-refractivity contribution is 0.0700. The standard InChI is InChI=1S/C17H22N4O/c22-17(16-7-3-5-14-8-9-18-21(14)16)20-12-4-6-15(20)13-19-10-1-2-11-19/h3,5,7-9,15H,1-2,4,6,10-13H2/t15-/m0/s1. The zero-order chi connectivity index (χ0) is 14.9. The Labute approximate surface area is 130 Å². The Balaban J connectivity index is 1.57. The molecule has 2 aliphatic heterocycles. The molecule has 116 valence electrons. The number of likely N-dealkylation sites (tertiary alicyclic amines) is 2. The summed E-state index contributed by atoms with van der Waals surface area (Å²) in [6.07, 6.45) is 6.58. The maximum absolute atomic E-state index is 13.0. The molecule has 4 heterocycles. The summed E-state index contributed by atoms with van der Waals surface area (Å²) >= 11 is 0. The number of carbonyl (C=O) groups excluding carboxylic acids is 1. The van der Waals surface area contributed by atoms with Crippen molar-refractivity contribution in [2.75, 3.05) is 26.2 Å². The number of rotatable bonds is 3. The average molecular weight is 298 g/mol. The summed E-state index contributed by atoms with van der Waals surface area (Å²) in [5.41, 5.74) is 1.65. The first kappa shape index (κ1) is 13.8. The molecule has 0 aromatic carbocycles. The molecule has 5 heteroatoms. The van der Waals surface area contributed by atoms with Crippen LogP contribution in [0.2, 0.25) is 0 Å². The lowest BCUT2D eigenvalue weighted by atomic mass is 10.2. The molecule has 2 fully saturated rings. The fourth-order valence-corrected chi connectivity index (χ4v) is 3.81. The van der Waals surface area contributed by atoms with Crippen LogP contribution in [-0.2, 0) is 0 Å². The minimum Gasteiger partial charge on any atom is -0.333 e. The van der Waals surface area contributed by atoms with E-state index in [1.807, 2.05) is 24.3 Å². The van der Waals surface area contributed by atoms with E-state index in [0.717, 1.165) is 31.4 Å². The van der Waals surface area contributed by atoms with E-state index >= 15 is 0 Å². The normalized spacial score (nSPS) is 22.7. The molecule has 22 heavy (non-hydrogen) atoms. The zero-order valence-corrected chi connectivity index (χ0v) is 12.8. The smallest absolute Gasteiger partial charge is 0.272 e. The van der Waals surface area contributed by atoms with Crippen LogP contribution in [0.5, 0.6) is 0 Å². The molecule has 0 aliphatic carbocycles. The Hall–Kier alpha value is -1.88. The van der Waals surface area contributed by atoms with E-state index in [4.69, 9.17) is 0 Å². The average Bonchev–Trinajstić information content (AvgIpc) is 3.27. The monoisotopic (exact) mass is 298 g/mol. The summed E-state index contributed by atoms with van der Waals surface area (Å²) < 4.78 is 1.76. The highest BCUT2D eigenvalue weighted by Gasteiger charge is 2.32. The largest absolute Gasteiger partial charge is 0.333 e. The van der Waals surface area contributed by atoms with Gasteiger partial charge < -0.3 is 9.80 Å². The second-order valence-electron chi connectivity index (χ2n) is 6.38. The molecule has 0 bridgehead atoms. The number of hydrogen-bond donors (Lipinski definition) is 0. The molecule has 1 amide bonds. The van der Waals surface area contributed by atoms with Crippen LogP contribution in [0.3, 0.4) is 0 Å². The maximum atomic E-state index is 13.0. The quantitative estimate of drug-likeness (QED) is 0.870. The van der Waals surface area contributed by atoms with Gasteiger partial charge in [-0.3, -0.25) is 4.79 Å². The van der Waals surface area contributed by atoms with Crippen molar-refractivity contribution in [3.05, 3.63) is 36.2 Å². The lowest BCUT2D eigenvalue weighted by Crippen LogP contribution is -2.43.